The third-order valence-electron chi connectivity index (χ3n) is 21.1. The summed E-state index contributed by atoms with van der Waals surface area (Å²) in [7, 11) is 41.0. The fraction of sp³-hybridized carbons (Fsp3) is 1.00. The van der Waals surface area contributed by atoms with E-state index in [2.05, 4.69) is 152 Å². The molecule has 6 N–H and O–H groups in total. The zero-order valence-corrected chi connectivity index (χ0v) is 103. The van der Waals surface area contributed by atoms with Crippen molar-refractivity contribution in [2.24, 2.45) is 0 Å². The van der Waals surface area contributed by atoms with Gasteiger partial charge in [0.2, 0.25) is 0 Å². The SMILES string of the molecule is CP1CCCP(C)CCNCCP(C)CCC1.CP1CCNCCP(C)CCP(C)CC1.C[PH+]1CCC[PH+](C)CCNCC[PH+](C)CCC1.C[PH+]1CCC[PH+](C)CCNCC[PH+](C)CCC1.C[PH+]1CCNCC[PH+](C)CC[PH+](C)CC1.C[PH+]1CCNCC[PH+](C)CC[PH+](C)CC1.[Cl][Ru][Cl].[Cl][Ru][Cl].[Cl][Ru][Cl].[Cl][Ru][Cl]. The van der Waals surface area contributed by atoms with Gasteiger partial charge in [0.25, 0.3) is 0 Å². The van der Waals surface area contributed by atoms with Gasteiger partial charge in [-0.05, 0) is 200 Å². The topological polar surface area (TPSA) is 72.2 Å². The van der Waals surface area contributed by atoms with E-state index >= 15 is 0 Å². The van der Waals surface area contributed by atoms with Crippen molar-refractivity contribution in [2.45, 2.75) is 38.5 Å². The summed E-state index contributed by atoms with van der Waals surface area (Å²) in [6, 6.07) is 0. The monoisotopic (exact) mass is 2370 g/mol. The zero-order chi connectivity index (χ0) is 81.6. The van der Waals surface area contributed by atoms with E-state index in [0.717, 1.165) is 0 Å². The Morgan fingerprint density at radius 1 is 0.167 bits per heavy atom. The van der Waals surface area contributed by atoms with Gasteiger partial charge in [-0.15, -0.1) is 47.5 Å². The van der Waals surface area contributed by atoms with E-state index in [0.29, 0.717) is 47.5 Å². The second-order valence-corrected chi connectivity index (χ2v) is 93.3. The molecule has 0 aromatic rings. The quantitative estimate of drug-likeness (QED) is 0.107. The standard InChI is InChI=1S/3C13H30NP3.3C11H26NP3.8ClH.4Ru/c3*1-15-8-4-10-16(2)12-6-14-7-13-17(3)11-5-9-15;3*1-13-6-4-12-5-7-14(2)9-11-15(3)10-8-13;;;;;;;;;;;;/h3*14H,4-13H2,1-3H3;3*12H,4-11H2,1-3H3;8*1H;;;;/q;;;;;;;;;;;;;;4*+2/p+4. The first-order chi connectivity index (χ1) is 51.7. The van der Waals surface area contributed by atoms with E-state index < -0.39 is 0 Å². The van der Waals surface area contributed by atoms with Crippen LogP contribution in [0.1, 0.15) is 38.5 Å². The first-order valence-electron chi connectivity index (χ1n) is 41.3. The summed E-state index contributed by atoms with van der Waals surface area (Å²) in [6.07, 6.45) is 64.5. The zero-order valence-electron chi connectivity index (χ0n) is 72.3. The Labute approximate surface area is 762 Å². The maximum absolute atomic E-state index is 4.85. The van der Waals surface area contributed by atoms with Crippen molar-refractivity contribution in [3.63, 3.8) is 0 Å². The Morgan fingerprint density at radius 2 is 0.287 bits per heavy atom. The summed E-state index contributed by atoms with van der Waals surface area (Å²) in [5, 5.41) is 21.9. The molecule has 12 unspecified atom stereocenters. The Morgan fingerprint density at radius 3 is 0.472 bits per heavy atom. The molecular formula is C72H180Cl8N6P18Ru4+12. The molecule has 6 fully saturated rings. The number of rotatable bonds is 0. The Bertz CT molecular complexity index is 1500. The third kappa shape index (κ3) is 102. The minimum atomic E-state index is -0.346. The third-order valence-corrected chi connectivity index (χ3v) is 63.4. The van der Waals surface area contributed by atoms with Crippen LogP contribution in [0.5, 0.6) is 0 Å². The molecule has 0 bridgehead atoms. The van der Waals surface area contributed by atoms with Crippen LogP contribution in [0.25, 0.3) is 0 Å². The van der Waals surface area contributed by atoms with Crippen molar-refractivity contribution in [1.29, 1.82) is 0 Å². The van der Waals surface area contributed by atoms with E-state index in [1.54, 1.807) is 137 Å². The number of hydrogen-bond acceptors (Lipinski definition) is 6. The van der Waals surface area contributed by atoms with Crippen LogP contribution in [0.4, 0.5) is 0 Å². The summed E-state index contributed by atoms with van der Waals surface area (Å²) in [4.78, 5) is 0. The van der Waals surface area contributed by atoms with Crippen molar-refractivity contribution in [3.05, 3.63) is 0 Å². The van der Waals surface area contributed by atoms with Gasteiger partial charge in [-0.25, -0.2) is 0 Å². The van der Waals surface area contributed by atoms with Crippen molar-refractivity contribution in [1.82, 2.24) is 31.9 Å². The van der Waals surface area contributed by atoms with Gasteiger partial charge in [0.15, 0.2) is 0 Å². The molecular weight excluding hydrogens is 2190 g/mol. The first kappa shape index (κ1) is 127. The second-order valence-electron chi connectivity index (χ2n) is 32.1. The van der Waals surface area contributed by atoms with Crippen LogP contribution in [-0.2, 0) is 60.6 Å². The number of hydrogen-bond donors (Lipinski definition) is 6. The minimum absolute atomic E-state index is 0.00685. The fourth-order valence-corrected chi connectivity index (χ4v) is 54.2. The molecule has 0 aliphatic carbocycles. The normalized spacial score (nSPS) is 32.6. The summed E-state index contributed by atoms with van der Waals surface area (Å²) in [6.45, 7) is 61.0. The van der Waals surface area contributed by atoms with E-state index in [-0.39, 0.29) is 156 Å². The van der Waals surface area contributed by atoms with Crippen LogP contribution in [0.2, 0.25) is 0 Å². The first-order valence-corrected chi connectivity index (χ1v) is 101. The van der Waals surface area contributed by atoms with Gasteiger partial charge < -0.3 is 31.9 Å². The average molecular weight is 2380 g/mol. The molecule has 108 heavy (non-hydrogen) atoms. The molecule has 0 radical (unpaired) electrons. The molecule has 6 aliphatic rings. The van der Waals surface area contributed by atoms with Crippen LogP contribution in [0.15, 0.2) is 0 Å². The Balaban J connectivity index is -0.000000583. The fourth-order valence-electron chi connectivity index (χ4n) is 12.8. The van der Waals surface area contributed by atoms with Gasteiger partial charge >= 0.3 is 138 Å². The molecule has 6 aliphatic heterocycles. The van der Waals surface area contributed by atoms with Crippen LogP contribution in [0, 0.1) is 0 Å². The van der Waals surface area contributed by atoms with Gasteiger partial charge in [-0.1, -0.05) is 0 Å². The van der Waals surface area contributed by atoms with Gasteiger partial charge in [0, 0.05) is 206 Å². The van der Waals surface area contributed by atoms with E-state index in [1.807, 2.05) is 0 Å². The summed E-state index contributed by atoms with van der Waals surface area (Å²) >= 11 is -1.38. The van der Waals surface area contributed by atoms with Crippen LogP contribution >= 0.6 is 220 Å². The Hall–Kier alpha value is 12.3. The molecule has 6 nitrogen and oxygen atoms in total. The predicted molar refractivity (Wildman–Crippen MR) is 575 cm³/mol. The number of halogens is 8. The molecule has 0 spiro atoms. The molecule has 6 saturated heterocycles. The van der Waals surface area contributed by atoms with Crippen LogP contribution in [-0.4, -0.2) is 420 Å². The van der Waals surface area contributed by atoms with Crippen molar-refractivity contribution >= 4 is 220 Å². The van der Waals surface area contributed by atoms with E-state index in [1.165, 1.54) is 202 Å². The molecule has 6 rings (SSSR count). The Kier molecular flexibility index (Phi) is 115. The molecule has 12 atom stereocenters. The van der Waals surface area contributed by atoms with Gasteiger partial charge in [-0.3, -0.25) is 0 Å². The molecule has 664 valence electrons. The van der Waals surface area contributed by atoms with Crippen LogP contribution < -0.4 is 31.9 Å². The van der Waals surface area contributed by atoms with Crippen molar-refractivity contribution in [3.8, 4) is 0 Å². The number of nitrogens with one attached hydrogen (secondary N) is 6. The van der Waals surface area contributed by atoms with Gasteiger partial charge in [0.05, 0.1) is 148 Å². The molecule has 0 saturated carbocycles. The average Bonchev–Trinajstić information content (AvgIpc) is 1.07. The van der Waals surface area contributed by atoms with Crippen molar-refractivity contribution < 1.29 is 60.6 Å². The van der Waals surface area contributed by atoms with Gasteiger partial charge in [-0.2, -0.15) is 0 Å². The predicted octanol–water partition coefficient (Wildman–Crippen LogP) is 22.2. The maximum atomic E-state index is 4.85. The molecule has 36 heteroatoms. The second kappa shape index (κ2) is 98.4. The van der Waals surface area contributed by atoms with Crippen LogP contribution in [0.3, 0.4) is 0 Å². The molecule has 0 aromatic carbocycles. The van der Waals surface area contributed by atoms with Crippen molar-refractivity contribution in [2.75, 3.05) is 420 Å². The molecule has 0 aromatic heterocycles. The summed E-state index contributed by atoms with van der Waals surface area (Å²) < 4.78 is 0. The molecule has 0 amide bonds. The molecule has 6 heterocycles. The van der Waals surface area contributed by atoms with E-state index in [9.17, 15) is 0 Å². The van der Waals surface area contributed by atoms with Gasteiger partial charge in [0.1, 0.15) is 0 Å². The van der Waals surface area contributed by atoms with E-state index in [4.69, 9.17) is 77.5 Å². The summed E-state index contributed by atoms with van der Waals surface area (Å²) in [5.41, 5.74) is 0. The summed E-state index contributed by atoms with van der Waals surface area (Å²) in [5.74, 6) is 0.